The lowest BCUT2D eigenvalue weighted by Gasteiger charge is -2.21. The fourth-order valence-electron chi connectivity index (χ4n) is 2.13. The summed E-state index contributed by atoms with van der Waals surface area (Å²) >= 11 is 0. The molecule has 98 valence electrons. The average Bonchev–Trinajstić information content (AvgIpc) is 2.77. The van der Waals surface area contributed by atoms with Crippen LogP contribution in [0.1, 0.15) is 11.5 Å². The maximum atomic E-state index is 12.2. The molecule has 0 radical (unpaired) electrons. The molecule has 0 saturated carbocycles. The second-order valence-corrected chi connectivity index (χ2v) is 4.25. The van der Waals surface area contributed by atoms with Crippen LogP contribution in [0.4, 0.5) is 13.2 Å². The Hall–Kier alpha value is -1.56. The van der Waals surface area contributed by atoms with Crippen molar-refractivity contribution >= 4 is 5.91 Å². The molecule has 2 N–H and O–H groups in total. The molecule has 1 aromatic rings. The Bertz CT molecular complexity index is 419. The predicted octanol–water partition coefficient (Wildman–Crippen LogP) is 1.42. The number of rotatable bonds is 2. The van der Waals surface area contributed by atoms with Gasteiger partial charge in [-0.25, -0.2) is 0 Å². The van der Waals surface area contributed by atoms with Gasteiger partial charge in [-0.1, -0.05) is 30.3 Å². The van der Waals surface area contributed by atoms with Crippen molar-refractivity contribution in [1.82, 2.24) is 10.6 Å². The fourth-order valence-corrected chi connectivity index (χ4v) is 2.13. The molecule has 1 fully saturated rings. The van der Waals surface area contributed by atoms with Crippen molar-refractivity contribution in [1.29, 1.82) is 0 Å². The van der Waals surface area contributed by atoms with E-state index in [1.165, 1.54) is 0 Å². The van der Waals surface area contributed by atoms with Gasteiger partial charge in [0.2, 0.25) is 0 Å². The minimum Gasteiger partial charge on any atom is -0.344 e. The molecule has 2 rings (SSSR count). The molecule has 1 aliphatic heterocycles. The monoisotopic (exact) mass is 258 g/mol. The van der Waals surface area contributed by atoms with E-state index in [0.29, 0.717) is 13.1 Å². The minimum atomic E-state index is -4.83. The van der Waals surface area contributed by atoms with Gasteiger partial charge in [0.15, 0.2) is 0 Å². The van der Waals surface area contributed by atoms with Gasteiger partial charge < -0.3 is 10.6 Å². The molecule has 3 nitrogen and oxygen atoms in total. The van der Waals surface area contributed by atoms with Crippen molar-refractivity contribution in [2.24, 2.45) is 0 Å². The lowest BCUT2D eigenvalue weighted by molar-refractivity contribution is -0.174. The normalized spacial score (nSPS) is 23.9. The Kier molecular flexibility index (Phi) is 3.56. The predicted molar refractivity (Wildman–Crippen MR) is 60.0 cm³/mol. The van der Waals surface area contributed by atoms with E-state index in [9.17, 15) is 18.0 Å². The van der Waals surface area contributed by atoms with Crippen molar-refractivity contribution in [3.63, 3.8) is 0 Å². The number of carbonyl (C=O) groups excluding carboxylic acids is 1. The Morgan fingerprint density at radius 3 is 2.50 bits per heavy atom. The van der Waals surface area contributed by atoms with Crippen LogP contribution in [0.15, 0.2) is 30.3 Å². The highest BCUT2D eigenvalue weighted by atomic mass is 19.4. The molecule has 6 heteroatoms. The number of amides is 1. The third-order valence-corrected chi connectivity index (χ3v) is 3.02. The van der Waals surface area contributed by atoms with E-state index in [0.717, 1.165) is 5.56 Å². The second-order valence-electron chi connectivity index (χ2n) is 4.25. The zero-order valence-electron chi connectivity index (χ0n) is 9.50. The van der Waals surface area contributed by atoms with Crippen molar-refractivity contribution in [2.75, 3.05) is 13.1 Å². The van der Waals surface area contributed by atoms with E-state index >= 15 is 0 Å². The van der Waals surface area contributed by atoms with E-state index < -0.39 is 18.1 Å². The van der Waals surface area contributed by atoms with Crippen LogP contribution >= 0.6 is 0 Å². The highest BCUT2D eigenvalue weighted by Gasteiger charge is 2.41. The zero-order chi connectivity index (χ0) is 13.2. The van der Waals surface area contributed by atoms with Crippen LogP contribution in [0.3, 0.4) is 0 Å². The first kappa shape index (κ1) is 12.9. The van der Waals surface area contributed by atoms with E-state index in [1.807, 2.05) is 35.6 Å². The Morgan fingerprint density at radius 1 is 1.22 bits per heavy atom. The van der Waals surface area contributed by atoms with Crippen LogP contribution in [0.25, 0.3) is 0 Å². The van der Waals surface area contributed by atoms with Crippen LogP contribution in [0.2, 0.25) is 0 Å². The third-order valence-electron chi connectivity index (χ3n) is 3.02. The Morgan fingerprint density at radius 2 is 1.89 bits per heavy atom. The number of halogens is 3. The van der Waals surface area contributed by atoms with Crippen molar-refractivity contribution < 1.29 is 18.0 Å². The summed E-state index contributed by atoms with van der Waals surface area (Å²) in [4.78, 5) is 10.9. The lowest BCUT2D eigenvalue weighted by atomic mass is 9.94. The van der Waals surface area contributed by atoms with Gasteiger partial charge in [-0.15, -0.1) is 0 Å². The second kappa shape index (κ2) is 4.97. The molecule has 0 aliphatic carbocycles. The molecule has 0 aromatic heterocycles. The van der Waals surface area contributed by atoms with Crippen LogP contribution in [-0.4, -0.2) is 31.2 Å². The summed E-state index contributed by atoms with van der Waals surface area (Å²) in [6, 6.07) is 8.68. The number of benzene rings is 1. The maximum absolute atomic E-state index is 12.2. The van der Waals surface area contributed by atoms with E-state index in [4.69, 9.17) is 0 Å². The van der Waals surface area contributed by atoms with Gasteiger partial charge in [-0.3, -0.25) is 4.79 Å². The van der Waals surface area contributed by atoms with Crippen LogP contribution < -0.4 is 10.6 Å². The smallest absolute Gasteiger partial charge is 0.344 e. The SMILES string of the molecule is O=C(N[C@@H]1CNC[C@H]1c1ccccc1)C(F)(F)F. The molecule has 0 unspecified atom stereocenters. The fraction of sp³-hybridized carbons (Fsp3) is 0.417. The molecule has 1 amide bonds. The molecule has 2 atom stereocenters. The van der Waals surface area contributed by atoms with Gasteiger partial charge in [-0.05, 0) is 5.56 Å². The molecule has 0 spiro atoms. The molecule has 1 heterocycles. The van der Waals surface area contributed by atoms with Crippen LogP contribution in [0.5, 0.6) is 0 Å². The molecule has 18 heavy (non-hydrogen) atoms. The van der Waals surface area contributed by atoms with E-state index in [1.54, 1.807) is 0 Å². The molecule has 1 aliphatic rings. The summed E-state index contributed by atoms with van der Waals surface area (Å²) in [5.41, 5.74) is 0.926. The summed E-state index contributed by atoms with van der Waals surface area (Å²) in [6.45, 7) is 0.911. The Balaban J connectivity index is 2.07. The van der Waals surface area contributed by atoms with Crippen LogP contribution in [0, 0.1) is 0 Å². The van der Waals surface area contributed by atoms with Gasteiger partial charge in [0.25, 0.3) is 0 Å². The molecule has 1 aromatic carbocycles. The van der Waals surface area contributed by atoms with Crippen LogP contribution in [-0.2, 0) is 4.79 Å². The highest BCUT2D eigenvalue weighted by Crippen LogP contribution is 2.24. The summed E-state index contributed by atoms with van der Waals surface area (Å²) in [5, 5.41) is 5.04. The lowest BCUT2D eigenvalue weighted by Crippen LogP contribution is -2.46. The first-order valence-electron chi connectivity index (χ1n) is 5.62. The average molecular weight is 258 g/mol. The molecule has 0 bridgehead atoms. The first-order valence-corrected chi connectivity index (χ1v) is 5.62. The topological polar surface area (TPSA) is 41.1 Å². The first-order chi connectivity index (χ1) is 8.48. The van der Waals surface area contributed by atoms with Crippen molar-refractivity contribution in [3.05, 3.63) is 35.9 Å². The van der Waals surface area contributed by atoms with Crippen molar-refractivity contribution in [2.45, 2.75) is 18.1 Å². The largest absolute Gasteiger partial charge is 0.471 e. The standard InChI is InChI=1S/C12H13F3N2O/c13-12(14,15)11(18)17-10-7-16-6-9(10)8-4-2-1-3-5-8/h1-5,9-10,16H,6-7H2,(H,17,18)/t9-,10+/m0/s1. The van der Waals surface area contributed by atoms with Gasteiger partial charge in [-0.2, -0.15) is 13.2 Å². The summed E-state index contributed by atoms with van der Waals surface area (Å²) in [6.07, 6.45) is -4.83. The zero-order valence-corrected chi connectivity index (χ0v) is 9.50. The van der Waals surface area contributed by atoms with Gasteiger partial charge in [0, 0.05) is 25.0 Å². The number of hydrogen-bond acceptors (Lipinski definition) is 2. The molecule has 1 saturated heterocycles. The van der Waals surface area contributed by atoms with Gasteiger partial charge in [0.1, 0.15) is 0 Å². The Labute approximate surface area is 102 Å². The van der Waals surface area contributed by atoms with Gasteiger partial charge >= 0.3 is 12.1 Å². The number of nitrogens with one attached hydrogen (secondary N) is 2. The third kappa shape index (κ3) is 2.81. The number of alkyl halides is 3. The van der Waals surface area contributed by atoms with E-state index in [-0.39, 0.29) is 5.92 Å². The number of carbonyl (C=O) groups is 1. The quantitative estimate of drug-likeness (QED) is 0.842. The number of hydrogen-bond donors (Lipinski definition) is 2. The molecular weight excluding hydrogens is 245 g/mol. The van der Waals surface area contributed by atoms with Crippen molar-refractivity contribution in [3.8, 4) is 0 Å². The summed E-state index contributed by atoms with van der Waals surface area (Å²) in [7, 11) is 0. The minimum absolute atomic E-state index is 0.127. The molecular formula is C12H13F3N2O. The summed E-state index contributed by atoms with van der Waals surface area (Å²) < 4.78 is 36.6. The maximum Gasteiger partial charge on any atom is 0.471 e. The van der Waals surface area contributed by atoms with Gasteiger partial charge in [0.05, 0.1) is 0 Å². The summed E-state index contributed by atoms with van der Waals surface area (Å²) in [5.74, 6) is -2.00. The van der Waals surface area contributed by atoms with E-state index in [2.05, 4.69) is 5.32 Å². The highest BCUT2D eigenvalue weighted by molar-refractivity contribution is 5.82.